The molecule has 0 aromatic rings. The van der Waals surface area contributed by atoms with Gasteiger partial charge in [-0.05, 0) is 58.5 Å². The van der Waals surface area contributed by atoms with Gasteiger partial charge in [0.25, 0.3) is 0 Å². The Morgan fingerprint density at radius 2 is 1.27 bits per heavy atom. The highest BCUT2D eigenvalue weighted by Crippen LogP contribution is 2.44. The van der Waals surface area contributed by atoms with Gasteiger partial charge in [-0.2, -0.15) is 0 Å². The van der Waals surface area contributed by atoms with Gasteiger partial charge in [0.2, 0.25) is 11.8 Å². The molecule has 1 rings (SSSR count). The highest BCUT2D eigenvalue weighted by molar-refractivity contribution is 8.76. The maximum absolute atomic E-state index is 13.5. The number of amides is 2. The van der Waals surface area contributed by atoms with Crippen LogP contribution in [0.3, 0.4) is 0 Å². The zero-order valence-corrected chi connectivity index (χ0v) is 34.0. The van der Waals surface area contributed by atoms with Crippen LogP contribution in [0.5, 0.6) is 0 Å². The van der Waals surface area contributed by atoms with E-state index in [1.54, 1.807) is 25.6 Å². The summed E-state index contributed by atoms with van der Waals surface area (Å²) in [6, 6.07) is 0. The van der Waals surface area contributed by atoms with Gasteiger partial charge in [0.15, 0.2) is 0 Å². The third kappa shape index (κ3) is 15.2. The van der Waals surface area contributed by atoms with Crippen molar-refractivity contribution in [1.82, 2.24) is 4.90 Å². The summed E-state index contributed by atoms with van der Waals surface area (Å²) in [5.74, 6) is 0.677. The monoisotopic (exact) mass is 775 g/mol. The summed E-state index contributed by atoms with van der Waals surface area (Å²) in [7, 11) is 3.04. The van der Waals surface area contributed by atoms with Crippen LogP contribution in [0.25, 0.3) is 0 Å². The van der Waals surface area contributed by atoms with Crippen LogP contribution < -0.4 is 0 Å². The number of thiocarbonyl (C=S) groups is 2. The zero-order valence-electron chi connectivity index (χ0n) is 27.5. The fourth-order valence-corrected chi connectivity index (χ4v) is 11.8. The highest BCUT2D eigenvalue weighted by atomic mass is 33.1. The second-order valence-electron chi connectivity index (χ2n) is 11.4. The second kappa shape index (κ2) is 22.9. The van der Waals surface area contributed by atoms with Gasteiger partial charge in [0.1, 0.15) is 30.3 Å². The molecular weight excluding hydrogens is 727 g/mol. The Morgan fingerprint density at radius 1 is 0.756 bits per heavy atom. The van der Waals surface area contributed by atoms with Crippen LogP contribution in [0.4, 0.5) is 0 Å². The minimum atomic E-state index is -1.21. The molecule has 0 N–H and O–H groups in total. The third-order valence-corrected chi connectivity index (χ3v) is 14.8. The zero-order chi connectivity index (χ0) is 34.0. The third-order valence-electron chi connectivity index (χ3n) is 6.75. The highest BCUT2D eigenvalue weighted by Gasteiger charge is 2.57. The molecule has 2 unspecified atom stereocenters. The van der Waals surface area contributed by atoms with Crippen molar-refractivity contribution in [1.29, 1.82) is 0 Å². The van der Waals surface area contributed by atoms with Crippen LogP contribution in [-0.4, -0.2) is 88.5 Å². The molecule has 258 valence electrons. The van der Waals surface area contributed by atoms with Crippen LogP contribution in [0.1, 0.15) is 87.0 Å². The van der Waals surface area contributed by atoms with Crippen molar-refractivity contribution in [3.63, 3.8) is 0 Å². The van der Waals surface area contributed by atoms with Crippen molar-refractivity contribution in [2.75, 3.05) is 42.8 Å². The summed E-state index contributed by atoms with van der Waals surface area (Å²) < 4.78 is 11.7. The van der Waals surface area contributed by atoms with Gasteiger partial charge in [-0.15, -0.1) is 23.5 Å². The standard InChI is InChI=1S/C30H49NO6S8/c1-8-11-14-31-23(32)21(22(24(31)33)44-27(38)40-17-12-9-2)29(4,5)25(34)36-15-19-42-43-20-16-37-26(35)30(6,7)45-28(39)41-18-13-10-3/h21-22H,8-20H2,1-7H3. The summed E-state index contributed by atoms with van der Waals surface area (Å²) in [5, 5.41) is -0.745. The largest absolute Gasteiger partial charge is 0.464 e. The average Bonchev–Trinajstić information content (AvgIpc) is 3.21. The molecule has 0 aliphatic carbocycles. The van der Waals surface area contributed by atoms with Gasteiger partial charge >= 0.3 is 11.9 Å². The number of imide groups is 1. The van der Waals surface area contributed by atoms with E-state index in [0.29, 0.717) is 28.0 Å². The lowest BCUT2D eigenvalue weighted by Gasteiger charge is -2.30. The number of unbranched alkanes of at least 4 members (excludes halogenated alkanes) is 3. The molecule has 1 aliphatic heterocycles. The van der Waals surface area contributed by atoms with Crippen molar-refractivity contribution < 1.29 is 28.7 Å². The molecule has 1 aliphatic rings. The van der Waals surface area contributed by atoms with Gasteiger partial charge in [-0.1, -0.05) is 110 Å². The number of rotatable bonds is 21. The van der Waals surface area contributed by atoms with E-state index in [4.69, 9.17) is 33.9 Å². The molecule has 1 fully saturated rings. The summed E-state index contributed by atoms with van der Waals surface area (Å²) in [5.41, 5.74) is -1.21. The van der Waals surface area contributed by atoms with E-state index >= 15 is 0 Å². The van der Waals surface area contributed by atoms with Gasteiger partial charge in [0.05, 0.1) is 11.3 Å². The first kappa shape index (κ1) is 43.4. The van der Waals surface area contributed by atoms with E-state index < -0.39 is 27.3 Å². The van der Waals surface area contributed by atoms with Gasteiger partial charge < -0.3 is 9.47 Å². The number of ether oxygens (including phenoxy) is 2. The van der Waals surface area contributed by atoms with Crippen LogP contribution >= 0.6 is 93.1 Å². The van der Waals surface area contributed by atoms with E-state index in [1.165, 1.54) is 61.8 Å². The first-order valence-corrected chi connectivity index (χ1v) is 22.3. The smallest absolute Gasteiger partial charge is 0.322 e. The number of carbonyl (C=O) groups excluding carboxylic acids is 4. The number of thioether (sulfide) groups is 4. The van der Waals surface area contributed by atoms with Crippen molar-refractivity contribution in [3.8, 4) is 0 Å². The molecule has 2 amide bonds. The summed E-state index contributed by atoms with van der Waals surface area (Å²) in [6.45, 7) is 14.0. The van der Waals surface area contributed by atoms with E-state index in [2.05, 4.69) is 13.8 Å². The Bertz CT molecular complexity index is 1010. The van der Waals surface area contributed by atoms with Gasteiger partial charge in [-0.25, -0.2) is 0 Å². The average molecular weight is 776 g/mol. The predicted molar refractivity (Wildman–Crippen MR) is 209 cm³/mol. The molecule has 0 radical (unpaired) electrons. The predicted octanol–water partition coefficient (Wildman–Crippen LogP) is 8.52. The minimum absolute atomic E-state index is 0.161. The minimum Gasteiger partial charge on any atom is -0.464 e. The fraction of sp³-hybridized carbons (Fsp3) is 0.800. The molecule has 0 aromatic heterocycles. The Balaban J connectivity index is 2.57. The lowest BCUT2D eigenvalue weighted by molar-refractivity contribution is -0.159. The number of likely N-dealkylation sites (tertiary alicyclic amines) is 1. The van der Waals surface area contributed by atoms with Crippen LogP contribution in [-0.2, 0) is 28.7 Å². The Kier molecular flexibility index (Phi) is 22.1. The Labute approximate surface area is 306 Å². The summed E-state index contributed by atoms with van der Waals surface area (Å²) in [4.78, 5) is 54.0. The SMILES string of the molecule is CCCCSC(=S)SC1C(=O)N(CCCC)C(=O)C1C(C)(C)C(=O)OCCSSCCOC(=O)C(C)(C)SC(=S)SCCCC. The van der Waals surface area contributed by atoms with Crippen molar-refractivity contribution >= 4 is 124 Å². The molecule has 0 aromatic carbocycles. The maximum atomic E-state index is 13.5. The molecular formula is C30H49NO6S8. The van der Waals surface area contributed by atoms with E-state index in [-0.39, 0.29) is 31.0 Å². The first-order chi connectivity index (χ1) is 21.2. The molecule has 2 atom stereocenters. The van der Waals surface area contributed by atoms with Crippen LogP contribution in [0.2, 0.25) is 0 Å². The molecule has 0 saturated carbocycles. The summed E-state index contributed by atoms with van der Waals surface area (Å²) >= 11 is 16.7. The molecule has 0 spiro atoms. The molecule has 1 heterocycles. The first-order valence-electron chi connectivity index (χ1n) is 15.4. The number of hydrogen-bond acceptors (Lipinski definition) is 14. The van der Waals surface area contributed by atoms with E-state index in [0.717, 1.165) is 47.1 Å². The lowest BCUT2D eigenvalue weighted by atomic mass is 9.77. The van der Waals surface area contributed by atoms with Crippen LogP contribution in [0.15, 0.2) is 0 Å². The number of esters is 2. The number of hydrogen-bond donors (Lipinski definition) is 0. The fourth-order valence-electron chi connectivity index (χ4n) is 4.00. The van der Waals surface area contributed by atoms with Gasteiger partial charge in [-0.3, -0.25) is 24.1 Å². The number of nitrogens with zero attached hydrogens (tertiary/aromatic N) is 1. The summed E-state index contributed by atoms with van der Waals surface area (Å²) in [6.07, 6.45) is 5.81. The quantitative estimate of drug-likeness (QED) is 0.0367. The Hall–Kier alpha value is 0.360. The van der Waals surface area contributed by atoms with E-state index in [1.807, 2.05) is 20.8 Å². The topological polar surface area (TPSA) is 90.0 Å². The molecule has 1 saturated heterocycles. The van der Waals surface area contributed by atoms with E-state index in [9.17, 15) is 19.2 Å². The van der Waals surface area contributed by atoms with Crippen molar-refractivity contribution in [2.45, 2.75) is 97.0 Å². The molecule has 7 nitrogen and oxygen atoms in total. The van der Waals surface area contributed by atoms with Crippen molar-refractivity contribution in [2.24, 2.45) is 11.3 Å². The maximum Gasteiger partial charge on any atom is 0.322 e. The molecule has 15 heteroatoms. The normalized spacial score (nSPS) is 17.1. The van der Waals surface area contributed by atoms with Crippen LogP contribution in [0, 0.1) is 11.3 Å². The number of carbonyl (C=O) groups is 4. The van der Waals surface area contributed by atoms with Gasteiger partial charge in [0, 0.05) is 18.1 Å². The molecule has 45 heavy (non-hydrogen) atoms. The Morgan fingerprint density at radius 3 is 1.80 bits per heavy atom. The van der Waals surface area contributed by atoms with Crippen molar-refractivity contribution in [3.05, 3.63) is 0 Å². The second-order valence-corrected chi connectivity index (χ2v) is 21.4. The lowest BCUT2D eigenvalue weighted by Crippen LogP contribution is -2.43. The molecule has 0 bridgehead atoms.